The zero-order valence-electron chi connectivity index (χ0n) is 15.4. The molecule has 7 heteroatoms. The maximum Gasteiger partial charge on any atom is 0.254 e. The smallest absolute Gasteiger partial charge is 0.254 e. The zero-order valence-corrected chi connectivity index (χ0v) is 16.2. The third-order valence-electron chi connectivity index (χ3n) is 4.73. The van der Waals surface area contributed by atoms with Crippen molar-refractivity contribution in [3.63, 3.8) is 0 Å². The highest BCUT2D eigenvalue weighted by molar-refractivity contribution is 5.97. The monoisotopic (exact) mass is 381 g/mol. The van der Waals surface area contributed by atoms with Crippen LogP contribution in [0.25, 0.3) is 0 Å². The highest BCUT2D eigenvalue weighted by atomic mass is 35.5. The lowest BCUT2D eigenvalue weighted by Crippen LogP contribution is -2.48. The summed E-state index contributed by atoms with van der Waals surface area (Å²) in [6, 6.07) is 7.02. The Morgan fingerprint density at radius 1 is 1.12 bits per heavy atom. The van der Waals surface area contributed by atoms with Crippen molar-refractivity contribution in [3.05, 3.63) is 29.8 Å². The highest BCUT2D eigenvalue weighted by Crippen LogP contribution is 2.17. The van der Waals surface area contributed by atoms with E-state index in [2.05, 4.69) is 10.6 Å². The fourth-order valence-electron chi connectivity index (χ4n) is 3.53. The topological polar surface area (TPSA) is 70.7 Å². The van der Waals surface area contributed by atoms with Crippen LogP contribution in [0.3, 0.4) is 0 Å². The Morgan fingerprint density at radius 2 is 1.77 bits per heavy atom. The Kier molecular flexibility index (Phi) is 7.43. The molecule has 2 amide bonds. The van der Waals surface area contributed by atoms with Gasteiger partial charge in [0.1, 0.15) is 0 Å². The first-order valence-electron chi connectivity index (χ1n) is 9.12. The molecule has 2 heterocycles. The Bertz CT molecular complexity index is 607. The van der Waals surface area contributed by atoms with Gasteiger partial charge < -0.3 is 20.3 Å². The summed E-state index contributed by atoms with van der Waals surface area (Å²) >= 11 is 0. The third-order valence-corrected chi connectivity index (χ3v) is 4.73. The van der Waals surface area contributed by atoms with E-state index in [1.165, 1.54) is 0 Å². The lowest BCUT2D eigenvalue weighted by molar-refractivity contribution is -0.118. The van der Waals surface area contributed by atoms with E-state index < -0.39 is 0 Å². The van der Waals surface area contributed by atoms with Crippen molar-refractivity contribution < 1.29 is 14.3 Å². The number of hydrogen-bond donors (Lipinski definition) is 2. The van der Waals surface area contributed by atoms with E-state index in [1.807, 2.05) is 18.7 Å². The summed E-state index contributed by atoms with van der Waals surface area (Å²) in [7, 11) is 0. The molecule has 0 aliphatic carbocycles. The van der Waals surface area contributed by atoms with E-state index >= 15 is 0 Å². The second-order valence-corrected chi connectivity index (χ2v) is 7.04. The number of nitrogens with zero attached hydrogens (tertiary/aromatic N) is 1. The normalized spacial score (nSPS) is 25.9. The van der Waals surface area contributed by atoms with E-state index in [1.54, 1.807) is 24.3 Å². The van der Waals surface area contributed by atoms with Gasteiger partial charge in [0, 0.05) is 24.3 Å². The SMILES string of the molecule is CC1CN(C(=O)c2ccc(NC(=O)C3CCCCN3)cc2)CC(C)O1.Cl. The summed E-state index contributed by atoms with van der Waals surface area (Å²) < 4.78 is 5.68. The molecule has 1 aromatic carbocycles. The van der Waals surface area contributed by atoms with Gasteiger partial charge in [-0.05, 0) is 57.5 Å². The second-order valence-electron chi connectivity index (χ2n) is 7.04. The van der Waals surface area contributed by atoms with Crippen molar-refractivity contribution in [1.82, 2.24) is 10.2 Å². The number of nitrogens with one attached hydrogen (secondary N) is 2. The van der Waals surface area contributed by atoms with Crippen LogP contribution < -0.4 is 10.6 Å². The van der Waals surface area contributed by atoms with Gasteiger partial charge >= 0.3 is 0 Å². The first-order chi connectivity index (χ1) is 12.0. The van der Waals surface area contributed by atoms with Gasteiger partial charge in [-0.15, -0.1) is 12.4 Å². The largest absolute Gasteiger partial charge is 0.372 e. The predicted octanol–water partition coefficient (Wildman–Crippen LogP) is 2.44. The molecule has 26 heavy (non-hydrogen) atoms. The van der Waals surface area contributed by atoms with Crippen molar-refractivity contribution in [1.29, 1.82) is 0 Å². The van der Waals surface area contributed by atoms with Crippen LogP contribution in [0.5, 0.6) is 0 Å². The molecule has 2 aliphatic rings. The van der Waals surface area contributed by atoms with E-state index in [0.29, 0.717) is 18.7 Å². The van der Waals surface area contributed by atoms with Gasteiger partial charge in [-0.2, -0.15) is 0 Å². The van der Waals surface area contributed by atoms with E-state index in [0.717, 1.165) is 31.5 Å². The molecule has 2 N–H and O–H groups in total. The molecular weight excluding hydrogens is 354 g/mol. The molecule has 2 saturated heterocycles. The number of ether oxygens (including phenoxy) is 1. The number of rotatable bonds is 3. The number of amides is 2. The van der Waals surface area contributed by atoms with Crippen molar-refractivity contribution in [2.24, 2.45) is 0 Å². The van der Waals surface area contributed by atoms with Crippen molar-refractivity contribution in [2.45, 2.75) is 51.4 Å². The molecule has 0 bridgehead atoms. The van der Waals surface area contributed by atoms with Gasteiger partial charge in [0.25, 0.3) is 5.91 Å². The van der Waals surface area contributed by atoms with Gasteiger partial charge in [0.2, 0.25) is 5.91 Å². The molecule has 1 aromatic rings. The summed E-state index contributed by atoms with van der Waals surface area (Å²) in [6.45, 7) is 6.06. The van der Waals surface area contributed by atoms with E-state index in [-0.39, 0.29) is 42.5 Å². The van der Waals surface area contributed by atoms with Gasteiger partial charge in [0.15, 0.2) is 0 Å². The molecule has 0 radical (unpaired) electrons. The number of hydrogen-bond acceptors (Lipinski definition) is 4. The van der Waals surface area contributed by atoms with Crippen LogP contribution in [0.1, 0.15) is 43.5 Å². The Hall–Kier alpha value is -1.63. The summed E-state index contributed by atoms with van der Waals surface area (Å²) in [5, 5.41) is 6.16. The van der Waals surface area contributed by atoms with Gasteiger partial charge in [-0.1, -0.05) is 6.42 Å². The number of carbonyl (C=O) groups excluding carboxylic acids is 2. The number of morpholine rings is 1. The second kappa shape index (κ2) is 9.35. The van der Waals surface area contributed by atoms with Crippen LogP contribution >= 0.6 is 12.4 Å². The van der Waals surface area contributed by atoms with Gasteiger partial charge in [-0.3, -0.25) is 9.59 Å². The molecular formula is C19H28ClN3O3. The van der Waals surface area contributed by atoms with Crippen LogP contribution in [0, 0.1) is 0 Å². The summed E-state index contributed by atoms with van der Waals surface area (Å²) in [5.74, 6) is 0.00318. The predicted molar refractivity (Wildman–Crippen MR) is 104 cm³/mol. The summed E-state index contributed by atoms with van der Waals surface area (Å²) in [6.07, 6.45) is 3.17. The lowest BCUT2D eigenvalue weighted by Gasteiger charge is -2.35. The first kappa shape index (κ1) is 20.7. The van der Waals surface area contributed by atoms with Crippen LogP contribution in [-0.2, 0) is 9.53 Å². The van der Waals surface area contributed by atoms with Gasteiger partial charge in [0.05, 0.1) is 18.2 Å². The summed E-state index contributed by atoms with van der Waals surface area (Å²) in [4.78, 5) is 26.7. The number of carbonyl (C=O) groups is 2. The molecule has 0 saturated carbocycles. The number of anilines is 1. The maximum atomic E-state index is 12.6. The quantitative estimate of drug-likeness (QED) is 0.843. The Balaban J connectivity index is 0.00000243. The molecule has 0 spiro atoms. The molecule has 144 valence electrons. The van der Waals surface area contributed by atoms with Crippen molar-refractivity contribution in [2.75, 3.05) is 25.0 Å². The van der Waals surface area contributed by atoms with Crippen molar-refractivity contribution >= 4 is 29.9 Å². The Morgan fingerprint density at radius 3 is 2.35 bits per heavy atom. The van der Waals surface area contributed by atoms with Crippen LogP contribution in [0.15, 0.2) is 24.3 Å². The Labute approximate surface area is 161 Å². The molecule has 3 rings (SSSR count). The van der Waals surface area contributed by atoms with Crippen LogP contribution in [0.2, 0.25) is 0 Å². The lowest BCUT2D eigenvalue weighted by atomic mass is 10.0. The van der Waals surface area contributed by atoms with Crippen LogP contribution in [-0.4, -0.2) is 54.6 Å². The van der Waals surface area contributed by atoms with Crippen LogP contribution in [0.4, 0.5) is 5.69 Å². The average Bonchev–Trinajstić information content (AvgIpc) is 2.61. The first-order valence-corrected chi connectivity index (χ1v) is 9.12. The average molecular weight is 382 g/mol. The van der Waals surface area contributed by atoms with E-state index in [9.17, 15) is 9.59 Å². The fourth-order valence-corrected chi connectivity index (χ4v) is 3.53. The molecule has 3 atom stereocenters. The summed E-state index contributed by atoms with van der Waals surface area (Å²) in [5.41, 5.74) is 1.35. The molecule has 2 fully saturated rings. The molecule has 3 unspecified atom stereocenters. The maximum absolute atomic E-state index is 12.6. The number of piperidine rings is 1. The van der Waals surface area contributed by atoms with E-state index in [4.69, 9.17) is 4.74 Å². The number of halogens is 1. The minimum absolute atomic E-state index is 0. The number of benzene rings is 1. The fraction of sp³-hybridized carbons (Fsp3) is 0.579. The standard InChI is InChI=1S/C19H27N3O3.ClH/c1-13-11-22(12-14(2)25-13)19(24)15-6-8-16(9-7-15)21-18(23)17-5-3-4-10-20-17;/h6-9,13-14,17,20H,3-5,10-12H2,1-2H3,(H,21,23);1H. The molecule has 0 aromatic heterocycles. The minimum atomic E-state index is -0.119. The third kappa shape index (κ3) is 5.19. The zero-order chi connectivity index (χ0) is 17.8. The molecule has 6 nitrogen and oxygen atoms in total. The van der Waals surface area contributed by atoms with Crippen molar-refractivity contribution in [3.8, 4) is 0 Å². The highest BCUT2D eigenvalue weighted by Gasteiger charge is 2.26. The minimum Gasteiger partial charge on any atom is -0.372 e. The van der Waals surface area contributed by atoms with Gasteiger partial charge in [-0.25, -0.2) is 0 Å². The molecule has 2 aliphatic heterocycles.